The highest BCUT2D eigenvalue weighted by Gasteiger charge is 2.46. The van der Waals surface area contributed by atoms with Crippen LogP contribution in [0.3, 0.4) is 0 Å². The molecule has 2 N–H and O–H groups in total. The molecule has 25 heavy (non-hydrogen) atoms. The second-order valence-electron chi connectivity index (χ2n) is 7.41. The molecule has 3 rings (SSSR count). The van der Waals surface area contributed by atoms with Gasteiger partial charge in [0.15, 0.2) is 0 Å². The monoisotopic (exact) mass is 346 g/mol. The van der Waals surface area contributed by atoms with Crippen LogP contribution >= 0.6 is 0 Å². The van der Waals surface area contributed by atoms with Crippen molar-refractivity contribution in [2.45, 2.75) is 44.9 Å². The predicted molar refractivity (Wildman–Crippen MR) is 92.4 cm³/mol. The minimum atomic E-state index is -0.663. The van der Waals surface area contributed by atoms with Gasteiger partial charge in [0.25, 0.3) is 0 Å². The molecule has 0 spiro atoms. The van der Waals surface area contributed by atoms with E-state index in [1.807, 2.05) is 30.3 Å². The molecule has 136 valence electrons. The summed E-state index contributed by atoms with van der Waals surface area (Å²) in [5.74, 6) is -0.340. The van der Waals surface area contributed by atoms with E-state index in [1.54, 1.807) is 4.90 Å². The summed E-state index contributed by atoms with van der Waals surface area (Å²) in [4.78, 5) is 28.2. The van der Waals surface area contributed by atoms with Crippen molar-refractivity contribution < 1.29 is 19.8 Å². The van der Waals surface area contributed by atoms with Crippen LogP contribution in [-0.2, 0) is 16.1 Å². The van der Waals surface area contributed by atoms with Crippen LogP contribution in [0.5, 0.6) is 0 Å². The number of amides is 2. The van der Waals surface area contributed by atoms with Crippen molar-refractivity contribution in [2.75, 3.05) is 19.7 Å². The summed E-state index contributed by atoms with van der Waals surface area (Å²) in [7, 11) is 0. The molecule has 2 fully saturated rings. The van der Waals surface area contributed by atoms with Gasteiger partial charge in [0.05, 0.1) is 12.7 Å². The van der Waals surface area contributed by atoms with Gasteiger partial charge in [-0.05, 0) is 18.4 Å². The highest BCUT2D eigenvalue weighted by Crippen LogP contribution is 2.46. The summed E-state index contributed by atoms with van der Waals surface area (Å²) in [5, 5.41) is 19.6. The molecule has 1 aromatic carbocycles. The molecule has 1 aliphatic heterocycles. The zero-order chi connectivity index (χ0) is 18.0. The first-order valence-electron chi connectivity index (χ1n) is 8.83. The Hall–Kier alpha value is -1.92. The van der Waals surface area contributed by atoms with Crippen LogP contribution in [-0.4, -0.2) is 63.7 Å². The standard InChI is InChI=1S/C19H26N2O4/c1-14(23)21-11-16(24)9-17(21)18(25)20(12-19(13-22)7-8-19)10-15-5-3-2-4-6-15/h2-6,16-17,22,24H,7-13H2,1H3/t16-,17+/m0/s1. The SMILES string of the molecule is CC(=O)N1C[C@@H](O)C[C@@H]1C(=O)N(Cc1ccccc1)CC1(CO)CC1. The van der Waals surface area contributed by atoms with Gasteiger partial charge in [0, 0.05) is 38.4 Å². The molecular weight excluding hydrogens is 320 g/mol. The Morgan fingerprint density at radius 1 is 1.28 bits per heavy atom. The number of nitrogens with zero attached hydrogens (tertiary/aromatic N) is 2. The van der Waals surface area contributed by atoms with E-state index in [1.165, 1.54) is 11.8 Å². The first-order valence-corrected chi connectivity index (χ1v) is 8.83. The average Bonchev–Trinajstić information content (AvgIpc) is 3.27. The normalized spacial score (nSPS) is 24.2. The van der Waals surface area contributed by atoms with Crippen LogP contribution in [0.1, 0.15) is 31.7 Å². The van der Waals surface area contributed by atoms with Crippen LogP contribution in [0.15, 0.2) is 30.3 Å². The second-order valence-corrected chi connectivity index (χ2v) is 7.41. The summed E-state index contributed by atoms with van der Waals surface area (Å²) in [6.07, 6.45) is 1.43. The zero-order valence-corrected chi connectivity index (χ0v) is 14.6. The molecular formula is C19H26N2O4. The van der Waals surface area contributed by atoms with Crippen molar-refractivity contribution >= 4 is 11.8 Å². The minimum Gasteiger partial charge on any atom is -0.396 e. The molecule has 1 aliphatic carbocycles. The summed E-state index contributed by atoms with van der Waals surface area (Å²) in [5.41, 5.74) is 0.806. The maximum atomic E-state index is 13.2. The number of carbonyl (C=O) groups excluding carboxylic acids is 2. The average molecular weight is 346 g/mol. The Balaban J connectivity index is 1.80. The number of carbonyl (C=O) groups is 2. The number of aliphatic hydroxyl groups excluding tert-OH is 2. The van der Waals surface area contributed by atoms with Gasteiger partial charge >= 0.3 is 0 Å². The summed E-state index contributed by atoms with van der Waals surface area (Å²) >= 11 is 0. The first kappa shape index (κ1) is 17.9. The van der Waals surface area contributed by atoms with Crippen molar-refractivity contribution in [1.29, 1.82) is 0 Å². The molecule has 1 saturated carbocycles. The lowest BCUT2D eigenvalue weighted by atomic mass is 10.1. The molecule has 0 unspecified atom stereocenters. The van der Waals surface area contributed by atoms with Crippen molar-refractivity contribution in [1.82, 2.24) is 9.80 Å². The van der Waals surface area contributed by atoms with Gasteiger partial charge in [-0.3, -0.25) is 9.59 Å². The van der Waals surface area contributed by atoms with Crippen molar-refractivity contribution in [3.8, 4) is 0 Å². The van der Waals surface area contributed by atoms with Gasteiger partial charge in [-0.25, -0.2) is 0 Å². The molecule has 0 radical (unpaired) electrons. The highest BCUT2D eigenvalue weighted by atomic mass is 16.3. The van der Waals surface area contributed by atoms with E-state index in [0.717, 1.165) is 18.4 Å². The lowest BCUT2D eigenvalue weighted by Gasteiger charge is -2.32. The van der Waals surface area contributed by atoms with Gasteiger partial charge in [0.1, 0.15) is 6.04 Å². The van der Waals surface area contributed by atoms with Crippen molar-refractivity contribution in [3.05, 3.63) is 35.9 Å². The second kappa shape index (κ2) is 7.14. The molecule has 2 aliphatic rings. The molecule has 1 saturated heterocycles. The molecule has 1 aromatic rings. The van der Waals surface area contributed by atoms with Gasteiger partial charge in [-0.15, -0.1) is 0 Å². The predicted octanol–water partition coefficient (Wildman–Crippen LogP) is 0.769. The lowest BCUT2D eigenvalue weighted by Crippen LogP contribution is -2.48. The smallest absolute Gasteiger partial charge is 0.245 e. The number of benzene rings is 1. The topological polar surface area (TPSA) is 81.1 Å². The fourth-order valence-corrected chi connectivity index (χ4v) is 3.57. The van der Waals surface area contributed by atoms with Crippen LogP contribution < -0.4 is 0 Å². The lowest BCUT2D eigenvalue weighted by molar-refractivity contribution is -0.144. The van der Waals surface area contributed by atoms with Gasteiger partial charge in [-0.1, -0.05) is 30.3 Å². The molecule has 2 amide bonds. The Bertz CT molecular complexity index is 630. The van der Waals surface area contributed by atoms with Gasteiger partial charge < -0.3 is 20.0 Å². The minimum absolute atomic E-state index is 0.0648. The Morgan fingerprint density at radius 3 is 2.52 bits per heavy atom. The Morgan fingerprint density at radius 2 is 1.96 bits per heavy atom. The number of β-amino-alcohol motifs (C(OH)–C–C–N with tert-alkyl or cyclic N) is 1. The highest BCUT2D eigenvalue weighted by molar-refractivity contribution is 5.87. The fraction of sp³-hybridized carbons (Fsp3) is 0.579. The van der Waals surface area contributed by atoms with Crippen LogP contribution in [0, 0.1) is 5.41 Å². The number of likely N-dealkylation sites (tertiary alicyclic amines) is 1. The Labute approximate surface area is 148 Å². The van der Waals surface area contributed by atoms with Crippen LogP contribution in [0.2, 0.25) is 0 Å². The summed E-state index contributed by atoms with van der Waals surface area (Å²) in [6.45, 7) is 2.62. The molecule has 0 aromatic heterocycles. The number of hydrogen-bond donors (Lipinski definition) is 2. The van der Waals surface area contributed by atoms with Gasteiger partial charge in [0.2, 0.25) is 11.8 Å². The maximum Gasteiger partial charge on any atom is 0.245 e. The van der Waals surface area contributed by atoms with Crippen molar-refractivity contribution in [3.63, 3.8) is 0 Å². The quantitative estimate of drug-likeness (QED) is 0.797. The molecule has 6 nitrogen and oxygen atoms in total. The number of hydrogen-bond acceptors (Lipinski definition) is 4. The third kappa shape index (κ3) is 4.02. The number of rotatable bonds is 6. The molecule has 0 bridgehead atoms. The summed E-state index contributed by atoms with van der Waals surface area (Å²) < 4.78 is 0. The molecule has 6 heteroatoms. The third-order valence-electron chi connectivity index (χ3n) is 5.32. The van der Waals surface area contributed by atoms with Crippen LogP contribution in [0.4, 0.5) is 0 Å². The fourth-order valence-electron chi connectivity index (χ4n) is 3.57. The largest absolute Gasteiger partial charge is 0.396 e. The van der Waals surface area contributed by atoms with E-state index in [2.05, 4.69) is 0 Å². The third-order valence-corrected chi connectivity index (χ3v) is 5.32. The first-order chi connectivity index (χ1) is 11.9. The number of aliphatic hydroxyl groups is 2. The van der Waals surface area contributed by atoms with Gasteiger partial charge in [-0.2, -0.15) is 0 Å². The summed E-state index contributed by atoms with van der Waals surface area (Å²) in [6, 6.07) is 9.09. The van der Waals surface area contributed by atoms with Crippen LogP contribution in [0.25, 0.3) is 0 Å². The van der Waals surface area contributed by atoms with Crippen molar-refractivity contribution in [2.24, 2.45) is 5.41 Å². The van der Waals surface area contributed by atoms with E-state index in [9.17, 15) is 19.8 Å². The van der Waals surface area contributed by atoms with E-state index in [-0.39, 0.29) is 36.8 Å². The van der Waals surface area contributed by atoms with E-state index < -0.39 is 12.1 Å². The Kier molecular flexibility index (Phi) is 5.11. The van der Waals surface area contributed by atoms with E-state index in [0.29, 0.717) is 13.1 Å². The molecule has 1 heterocycles. The zero-order valence-electron chi connectivity index (χ0n) is 14.6. The van der Waals surface area contributed by atoms with E-state index >= 15 is 0 Å². The molecule has 2 atom stereocenters. The maximum absolute atomic E-state index is 13.2. The van der Waals surface area contributed by atoms with E-state index in [4.69, 9.17) is 0 Å².